The Kier molecular flexibility index (Phi) is 3.16. The third kappa shape index (κ3) is 2.30. The zero-order valence-corrected chi connectivity index (χ0v) is 13.5. The van der Waals surface area contributed by atoms with Crippen LogP contribution in [0.2, 0.25) is 0 Å². The second-order valence-corrected chi connectivity index (χ2v) is 6.53. The Morgan fingerprint density at radius 2 is 1.70 bits per heavy atom. The van der Waals surface area contributed by atoms with Gasteiger partial charge in [-0.3, -0.25) is 9.13 Å². The first kappa shape index (κ1) is 14.3. The third-order valence-electron chi connectivity index (χ3n) is 5.04. The highest BCUT2D eigenvalue weighted by Gasteiger charge is 2.43. The predicted molar refractivity (Wildman–Crippen MR) is 92.4 cm³/mol. The van der Waals surface area contributed by atoms with Crippen LogP contribution in [0.5, 0.6) is 0 Å². The summed E-state index contributed by atoms with van der Waals surface area (Å²) in [5, 5.41) is 3.71. The van der Waals surface area contributed by atoms with Gasteiger partial charge >= 0.3 is 5.69 Å². The molecule has 2 aromatic carbocycles. The molecule has 0 bridgehead atoms. The number of nitrogens with one attached hydrogen (secondary N) is 1. The quantitative estimate of drug-likeness (QED) is 0.805. The molecule has 4 nitrogen and oxygen atoms in total. The van der Waals surface area contributed by atoms with Crippen LogP contribution >= 0.6 is 0 Å². The molecule has 1 heterocycles. The van der Waals surface area contributed by atoms with Crippen LogP contribution in [-0.4, -0.2) is 9.13 Å². The molecule has 1 fully saturated rings. The van der Waals surface area contributed by atoms with E-state index in [0.29, 0.717) is 0 Å². The molecule has 0 aliphatic heterocycles. The van der Waals surface area contributed by atoms with E-state index in [1.807, 2.05) is 20.2 Å². The number of aromatic nitrogens is 2. The minimum absolute atomic E-state index is 0.0213. The smallest absolute Gasteiger partial charge is 0.303 e. The summed E-state index contributed by atoms with van der Waals surface area (Å²) in [4.78, 5) is 12.0. The van der Waals surface area contributed by atoms with Crippen molar-refractivity contribution in [1.82, 2.24) is 14.5 Å². The van der Waals surface area contributed by atoms with Crippen LogP contribution in [0.25, 0.3) is 11.0 Å². The van der Waals surface area contributed by atoms with Gasteiger partial charge in [0.1, 0.15) is 0 Å². The SMILES string of the molecule is Cn1c(=O)n(C)c2cc(CNC3(c4ccccc4)CC3)ccc21. The Balaban J connectivity index is 1.59. The van der Waals surface area contributed by atoms with E-state index in [1.54, 1.807) is 9.13 Å². The fraction of sp³-hybridized carbons (Fsp3) is 0.316. The van der Waals surface area contributed by atoms with Crippen LogP contribution in [-0.2, 0) is 26.2 Å². The average Bonchev–Trinajstić information content (AvgIpc) is 3.36. The number of aryl methyl sites for hydroxylation is 2. The van der Waals surface area contributed by atoms with Gasteiger partial charge < -0.3 is 5.32 Å². The van der Waals surface area contributed by atoms with E-state index in [9.17, 15) is 4.79 Å². The van der Waals surface area contributed by atoms with Gasteiger partial charge in [0.05, 0.1) is 11.0 Å². The molecule has 0 radical (unpaired) electrons. The lowest BCUT2D eigenvalue weighted by molar-refractivity contribution is 0.519. The van der Waals surface area contributed by atoms with Gasteiger partial charge in [-0.1, -0.05) is 36.4 Å². The van der Waals surface area contributed by atoms with Gasteiger partial charge in [0.2, 0.25) is 0 Å². The van der Waals surface area contributed by atoms with Gasteiger partial charge in [-0.05, 0) is 36.1 Å². The van der Waals surface area contributed by atoms with Crippen LogP contribution in [0.3, 0.4) is 0 Å². The summed E-state index contributed by atoms with van der Waals surface area (Å²) >= 11 is 0. The standard InChI is InChI=1S/C19H21N3O/c1-21-16-9-8-14(12-17(16)22(2)18(21)23)13-20-19(10-11-19)15-6-4-3-5-7-15/h3-9,12,20H,10-11,13H2,1-2H3. The van der Waals surface area contributed by atoms with Crippen molar-refractivity contribution in [3.8, 4) is 0 Å². The zero-order chi connectivity index (χ0) is 16.0. The minimum atomic E-state index is 0.0213. The van der Waals surface area contributed by atoms with Gasteiger partial charge in [-0.25, -0.2) is 4.79 Å². The van der Waals surface area contributed by atoms with E-state index in [2.05, 4.69) is 47.8 Å². The molecule has 0 amide bonds. The Morgan fingerprint density at radius 3 is 2.39 bits per heavy atom. The van der Waals surface area contributed by atoms with Gasteiger partial charge in [0.25, 0.3) is 0 Å². The highest BCUT2D eigenvalue weighted by atomic mass is 16.1. The predicted octanol–water partition coefficient (Wildman–Crippen LogP) is 2.66. The summed E-state index contributed by atoms with van der Waals surface area (Å²) in [5.74, 6) is 0. The fourth-order valence-electron chi connectivity index (χ4n) is 3.38. The number of hydrogen-bond acceptors (Lipinski definition) is 2. The molecule has 0 spiro atoms. The number of benzene rings is 2. The molecule has 118 valence electrons. The number of hydrogen-bond donors (Lipinski definition) is 1. The van der Waals surface area contributed by atoms with Crippen LogP contribution in [0.15, 0.2) is 53.3 Å². The molecule has 4 rings (SSSR count). The topological polar surface area (TPSA) is 39.0 Å². The van der Waals surface area contributed by atoms with E-state index < -0.39 is 0 Å². The lowest BCUT2D eigenvalue weighted by Gasteiger charge is -2.18. The monoisotopic (exact) mass is 307 g/mol. The molecule has 0 saturated heterocycles. The summed E-state index contributed by atoms with van der Waals surface area (Å²) in [6, 6.07) is 16.9. The molecule has 1 N–H and O–H groups in total. The van der Waals surface area contributed by atoms with Gasteiger partial charge in [0, 0.05) is 26.2 Å². The summed E-state index contributed by atoms with van der Waals surface area (Å²) in [7, 11) is 3.64. The van der Waals surface area contributed by atoms with Crippen molar-refractivity contribution in [2.24, 2.45) is 14.1 Å². The van der Waals surface area contributed by atoms with E-state index >= 15 is 0 Å². The summed E-state index contributed by atoms with van der Waals surface area (Å²) in [5.41, 5.74) is 4.70. The van der Waals surface area contributed by atoms with Crippen molar-refractivity contribution < 1.29 is 0 Å². The van der Waals surface area contributed by atoms with Crippen LogP contribution in [0, 0.1) is 0 Å². The maximum atomic E-state index is 12.0. The lowest BCUT2D eigenvalue weighted by Crippen LogP contribution is -2.28. The number of fused-ring (bicyclic) bond motifs is 1. The normalized spacial score (nSPS) is 15.9. The van der Waals surface area contributed by atoms with Crippen LogP contribution in [0.4, 0.5) is 0 Å². The molecule has 0 unspecified atom stereocenters. The highest BCUT2D eigenvalue weighted by molar-refractivity contribution is 5.76. The highest BCUT2D eigenvalue weighted by Crippen LogP contribution is 2.45. The molecule has 3 aromatic rings. The Morgan fingerprint density at radius 1 is 1.00 bits per heavy atom. The van der Waals surface area contributed by atoms with Crippen LogP contribution in [0.1, 0.15) is 24.0 Å². The zero-order valence-electron chi connectivity index (χ0n) is 13.5. The third-order valence-corrected chi connectivity index (χ3v) is 5.04. The molecule has 1 aliphatic rings. The fourth-order valence-corrected chi connectivity index (χ4v) is 3.38. The van der Waals surface area contributed by atoms with Crippen molar-refractivity contribution in [2.75, 3.05) is 0 Å². The van der Waals surface area contributed by atoms with E-state index in [0.717, 1.165) is 17.6 Å². The molecular weight excluding hydrogens is 286 g/mol. The Bertz CT molecular complexity index is 917. The van der Waals surface area contributed by atoms with Crippen molar-refractivity contribution in [1.29, 1.82) is 0 Å². The number of rotatable bonds is 4. The Labute approximate surface area is 135 Å². The maximum Gasteiger partial charge on any atom is 0.328 e. The Hall–Kier alpha value is -2.33. The first-order valence-electron chi connectivity index (χ1n) is 8.06. The summed E-state index contributed by atoms with van der Waals surface area (Å²) < 4.78 is 3.40. The molecule has 4 heteroatoms. The molecule has 1 aromatic heterocycles. The number of imidazole rings is 1. The molecule has 1 saturated carbocycles. The van der Waals surface area contributed by atoms with Gasteiger partial charge in [-0.15, -0.1) is 0 Å². The maximum absolute atomic E-state index is 12.0. The second-order valence-electron chi connectivity index (χ2n) is 6.53. The molecular formula is C19H21N3O. The van der Waals surface area contributed by atoms with Gasteiger partial charge in [0.15, 0.2) is 0 Å². The van der Waals surface area contributed by atoms with E-state index in [1.165, 1.54) is 24.0 Å². The average molecular weight is 307 g/mol. The minimum Gasteiger partial charge on any atom is -0.303 e. The van der Waals surface area contributed by atoms with Crippen molar-refractivity contribution >= 4 is 11.0 Å². The van der Waals surface area contributed by atoms with E-state index in [4.69, 9.17) is 0 Å². The molecule has 23 heavy (non-hydrogen) atoms. The summed E-state index contributed by atoms with van der Waals surface area (Å²) in [6.07, 6.45) is 2.37. The first-order chi connectivity index (χ1) is 11.1. The van der Waals surface area contributed by atoms with E-state index in [-0.39, 0.29) is 11.2 Å². The number of nitrogens with zero attached hydrogens (tertiary/aromatic N) is 2. The van der Waals surface area contributed by atoms with Crippen molar-refractivity contribution in [2.45, 2.75) is 24.9 Å². The molecule has 0 atom stereocenters. The lowest BCUT2D eigenvalue weighted by atomic mass is 10.0. The largest absolute Gasteiger partial charge is 0.328 e. The van der Waals surface area contributed by atoms with Crippen molar-refractivity contribution in [3.05, 3.63) is 70.1 Å². The van der Waals surface area contributed by atoms with Gasteiger partial charge in [-0.2, -0.15) is 0 Å². The summed E-state index contributed by atoms with van der Waals surface area (Å²) in [6.45, 7) is 0.813. The second kappa shape index (κ2) is 5.10. The van der Waals surface area contributed by atoms with Crippen molar-refractivity contribution in [3.63, 3.8) is 0 Å². The first-order valence-corrected chi connectivity index (χ1v) is 8.06. The molecule has 1 aliphatic carbocycles. The van der Waals surface area contributed by atoms with Crippen LogP contribution < -0.4 is 11.0 Å².